The van der Waals surface area contributed by atoms with Gasteiger partial charge in [-0.05, 0) is 40.8 Å². The maximum atomic E-state index is 13.2. The third-order valence-corrected chi connectivity index (χ3v) is 6.45. The largest absolute Gasteiger partial charge is 0.416 e. The van der Waals surface area contributed by atoms with E-state index < -0.39 is 29.3 Å². The first-order valence-corrected chi connectivity index (χ1v) is 11.4. The van der Waals surface area contributed by atoms with Gasteiger partial charge in [-0.15, -0.1) is 0 Å². The van der Waals surface area contributed by atoms with Gasteiger partial charge in [0.25, 0.3) is 0 Å². The molecule has 0 saturated carbocycles. The molecule has 3 aromatic rings. The zero-order valence-electron chi connectivity index (χ0n) is 19.3. The monoisotopic (exact) mass is 498 g/mol. The molecule has 188 valence electrons. The van der Waals surface area contributed by atoms with Crippen LogP contribution in [0, 0.1) is 0 Å². The number of nitrogens with zero attached hydrogens (tertiary/aromatic N) is 1. The minimum atomic E-state index is -4.45. The van der Waals surface area contributed by atoms with E-state index in [0.717, 1.165) is 17.7 Å². The number of hydrogen-bond donors (Lipinski definition) is 3. The lowest BCUT2D eigenvalue weighted by molar-refractivity contribution is -0.166. The second kappa shape index (κ2) is 10.1. The number of rotatable bonds is 7. The van der Waals surface area contributed by atoms with Crippen molar-refractivity contribution in [3.05, 3.63) is 95.1 Å². The number of hydroxylamine groups is 1. The Bertz CT molecular complexity index is 1260. The van der Waals surface area contributed by atoms with Crippen LogP contribution in [0.25, 0.3) is 11.1 Å². The van der Waals surface area contributed by atoms with E-state index in [0.29, 0.717) is 28.7 Å². The number of fused-ring (bicyclic) bond motifs is 1. The molecule has 0 heterocycles. The maximum Gasteiger partial charge on any atom is 0.416 e. The van der Waals surface area contributed by atoms with Gasteiger partial charge < -0.3 is 10.0 Å². The number of aryl methyl sites for hydroxylation is 1. The van der Waals surface area contributed by atoms with Crippen molar-refractivity contribution in [3.8, 4) is 11.1 Å². The molecule has 0 fully saturated rings. The highest BCUT2D eigenvalue weighted by molar-refractivity contribution is 5.83. The number of halogens is 3. The smallest absolute Gasteiger partial charge is 0.367 e. The molecule has 3 aromatic carbocycles. The average molecular weight is 499 g/mol. The third-order valence-electron chi connectivity index (χ3n) is 6.45. The lowest BCUT2D eigenvalue weighted by atomic mass is 9.99. The topological polar surface area (TPSA) is 89.9 Å². The molecule has 6 nitrogen and oxygen atoms in total. The fraction of sp³-hybridized carbons (Fsp3) is 0.259. The highest BCUT2D eigenvalue weighted by atomic mass is 19.4. The van der Waals surface area contributed by atoms with Gasteiger partial charge in [0, 0.05) is 31.4 Å². The number of carbonyl (C=O) groups is 2. The van der Waals surface area contributed by atoms with Crippen molar-refractivity contribution in [3.63, 3.8) is 0 Å². The second-order valence-corrected chi connectivity index (χ2v) is 8.76. The lowest BCUT2D eigenvalue weighted by Crippen LogP contribution is -2.48. The molecule has 4 rings (SSSR count). The highest BCUT2D eigenvalue weighted by Crippen LogP contribution is 2.41. The van der Waals surface area contributed by atoms with Crippen LogP contribution in [-0.4, -0.2) is 27.0 Å². The molecule has 36 heavy (non-hydrogen) atoms. The zero-order chi connectivity index (χ0) is 25.9. The van der Waals surface area contributed by atoms with Gasteiger partial charge in [0.05, 0.1) is 5.56 Å². The standard InChI is InChI=1S/C27H25F3N2O4/c28-27(29,30)22-6-3-5-21(16-22)19-10-8-18(9-11-19)17-32(25(34)13-12-24(33)31-36)26(35)15-14-20-4-1-2-7-23(20)26/h1-11,16,35-36H,12-15,17H2,(H,31,33)/t26-/m0/s1. The van der Waals surface area contributed by atoms with Crippen molar-refractivity contribution in [1.29, 1.82) is 0 Å². The first-order valence-electron chi connectivity index (χ1n) is 11.4. The molecular weight excluding hydrogens is 473 g/mol. The fourth-order valence-electron chi connectivity index (χ4n) is 4.55. The molecule has 2 amide bonds. The third kappa shape index (κ3) is 5.27. The van der Waals surface area contributed by atoms with E-state index in [-0.39, 0.29) is 25.8 Å². The lowest BCUT2D eigenvalue weighted by Gasteiger charge is -2.38. The van der Waals surface area contributed by atoms with Crippen LogP contribution in [0.3, 0.4) is 0 Å². The van der Waals surface area contributed by atoms with Gasteiger partial charge in [0.2, 0.25) is 11.8 Å². The predicted octanol–water partition coefficient (Wildman–Crippen LogP) is 4.78. The molecule has 0 bridgehead atoms. The summed E-state index contributed by atoms with van der Waals surface area (Å²) >= 11 is 0. The van der Waals surface area contributed by atoms with E-state index in [4.69, 9.17) is 5.21 Å². The quantitative estimate of drug-likeness (QED) is 0.249. The van der Waals surface area contributed by atoms with Crippen molar-refractivity contribution in [2.24, 2.45) is 0 Å². The van der Waals surface area contributed by atoms with Gasteiger partial charge in [0.15, 0.2) is 5.72 Å². The normalized spacial score (nSPS) is 16.9. The van der Waals surface area contributed by atoms with Crippen molar-refractivity contribution in [1.82, 2.24) is 10.4 Å². The minimum Gasteiger partial charge on any atom is -0.367 e. The van der Waals surface area contributed by atoms with Crippen LogP contribution in [-0.2, 0) is 34.5 Å². The van der Waals surface area contributed by atoms with Crippen molar-refractivity contribution < 1.29 is 33.1 Å². The molecule has 3 N–H and O–H groups in total. The number of benzene rings is 3. The SMILES string of the molecule is O=C(CCC(=O)N(Cc1ccc(-c2cccc(C(F)(F)F)c2)cc1)[C@]1(O)CCc2ccccc21)NO. The molecule has 1 aliphatic rings. The second-order valence-electron chi connectivity index (χ2n) is 8.76. The fourth-order valence-corrected chi connectivity index (χ4v) is 4.55. The summed E-state index contributed by atoms with van der Waals surface area (Å²) < 4.78 is 39.3. The number of carbonyl (C=O) groups excluding carboxylic acids is 2. The van der Waals surface area contributed by atoms with Gasteiger partial charge in [-0.3, -0.25) is 14.8 Å². The Kier molecular flexibility index (Phi) is 7.14. The Morgan fingerprint density at radius 1 is 0.944 bits per heavy atom. The summed E-state index contributed by atoms with van der Waals surface area (Å²) in [7, 11) is 0. The van der Waals surface area contributed by atoms with Crippen LogP contribution in [0.15, 0.2) is 72.8 Å². The van der Waals surface area contributed by atoms with Crippen LogP contribution in [0.2, 0.25) is 0 Å². The first kappa shape index (κ1) is 25.4. The van der Waals surface area contributed by atoms with E-state index in [1.54, 1.807) is 42.5 Å². The number of alkyl halides is 3. The predicted molar refractivity (Wildman–Crippen MR) is 125 cm³/mol. The Labute approximate surface area is 205 Å². The summed E-state index contributed by atoms with van der Waals surface area (Å²) in [4.78, 5) is 26.0. The van der Waals surface area contributed by atoms with Crippen molar-refractivity contribution in [2.45, 2.75) is 44.1 Å². The zero-order valence-corrected chi connectivity index (χ0v) is 19.3. The first-order chi connectivity index (χ1) is 17.1. The molecule has 1 atom stereocenters. The summed E-state index contributed by atoms with van der Waals surface area (Å²) in [6.45, 7) is 0.0211. The van der Waals surface area contributed by atoms with Crippen LogP contribution >= 0.6 is 0 Å². The van der Waals surface area contributed by atoms with Gasteiger partial charge in [0.1, 0.15) is 0 Å². The Balaban J connectivity index is 1.61. The average Bonchev–Trinajstić information content (AvgIpc) is 3.23. The summed E-state index contributed by atoms with van der Waals surface area (Å²) in [5.41, 5.74) is 2.35. The summed E-state index contributed by atoms with van der Waals surface area (Å²) in [6.07, 6.45) is -4.07. The van der Waals surface area contributed by atoms with Crippen LogP contribution in [0.1, 0.15) is 41.5 Å². The van der Waals surface area contributed by atoms with Crippen LogP contribution < -0.4 is 5.48 Å². The maximum absolute atomic E-state index is 13.2. The molecular formula is C27H25F3N2O4. The van der Waals surface area contributed by atoms with Gasteiger partial charge in [-0.2, -0.15) is 13.2 Å². The molecule has 1 aliphatic carbocycles. The van der Waals surface area contributed by atoms with Gasteiger partial charge in [-0.1, -0.05) is 60.7 Å². The number of amides is 2. The van der Waals surface area contributed by atoms with Crippen molar-refractivity contribution >= 4 is 11.8 Å². The Hall–Kier alpha value is -3.69. The molecule has 9 heteroatoms. The molecule has 0 aromatic heterocycles. The molecule has 0 radical (unpaired) electrons. The Morgan fingerprint density at radius 3 is 2.36 bits per heavy atom. The molecule has 0 saturated heterocycles. The Morgan fingerprint density at radius 2 is 1.67 bits per heavy atom. The summed E-state index contributed by atoms with van der Waals surface area (Å²) in [5.74, 6) is -1.19. The van der Waals surface area contributed by atoms with E-state index in [1.165, 1.54) is 16.4 Å². The van der Waals surface area contributed by atoms with E-state index in [1.807, 2.05) is 12.1 Å². The minimum absolute atomic E-state index is 0.0211. The highest BCUT2D eigenvalue weighted by Gasteiger charge is 2.44. The van der Waals surface area contributed by atoms with Crippen LogP contribution in [0.4, 0.5) is 13.2 Å². The van der Waals surface area contributed by atoms with Gasteiger partial charge >= 0.3 is 6.18 Å². The molecule has 0 aliphatic heterocycles. The number of nitrogens with one attached hydrogen (secondary N) is 1. The summed E-state index contributed by atoms with van der Waals surface area (Å²) in [5, 5.41) is 20.4. The van der Waals surface area contributed by atoms with Crippen molar-refractivity contribution in [2.75, 3.05) is 0 Å². The van der Waals surface area contributed by atoms with Gasteiger partial charge in [-0.25, -0.2) is 5.48 Å². The van der Waals surface area contributed by atoms with E-state index in [9.17, 15) is 27.9 Å². The van der Waals surface area contributed by atoms with Crippen LogP contribution in [0.5, 0.6) is 0 Å². The number of aliphatic hydroxyl groups is 1. The summed E-state index contributed by atoms with van der Waals surface area (Å²) in [6, 6.07) is 19.0. The van der Waals surface area contributed by atoms with E-state index >= 15 is 0 Å². The van der Waals surface area contributed by atoms with E-state index in [2.05, 4.69) is 0 Å². The molecule has 0 unspecified atom stereocenters. The molecule has 0 spiro atoms. The number of hydrogen-bond acceptors (Lipinski definition) is 4.